The Kier molecular flexibility index (Phi) is 4.00. The van der Waals surface area contributed by atoms with E-state index in [9.17, 15) is 0 Å². The average Bonchev–Trinajstić information content (AvgIpc) is 2.91. The zero-order valence-electron chi connectivity index (χ0n) is 12.7. The first-order valence-corrected chi connectivity index (χ1v) is 7.55. The summed E-state index contributed by atoms with van der Waals surface area (Å²) < 4.78 is 5.45. The van der Waals surface area contributed by atoms with Crippen LogP contribution >= 0.6 is 0 Å². The Balaban J connectivity index is 2.14. The first kappa shape index (κ1) is 14.5. The molecule has 0 amide bonds. The summed E-state index contributed by atoms with van der Waals surface area (Å²) in [5.41, 5.74) is 6.07. The van der Waals surface area contributed by atoms with Crippen LogP contribution < -0.4 is 5.73 Å². The molecule has 0 spiro atoms. The van der Waals surface area contributed by atoms with E-state index in [0.717, 1.165) is 25.2 Å². The van der Waals surface area contributed by atoms with Crippen molar-refractivity contribution in [2.45, 2.75) is 77.2 Å². The normalized spacial score (nSPS) is 28.6. The monoisotopic (exact) mass is 265 g/mol. The number of nitrogens with zero attached hydrogens (tertiary/aromatic N) is 2. The van der Waals surface area contributed by atoms with Crippen molar-refractivity contribution >= 4 is 0 Å². The topological polar surface area (TPSA) is 64.9 Å². The van der Waals surface area contributed by atoms with Crippen molar-refractivity contribution in [3.63, 3.8) is 0 Å². The largest absolute Gasteiger partial charge is 0.339 e. The van der Waals surface area contributed by atoms with E-state index in [1.165, 1.54) is 19.3 Å². The first-order chi connectivity index (χ1) is 8.91. The zero-order valence-corrected chi connectivity index (χ0v) is 12.7. The molecule has 19 heavy (non-hydrogen) atoms. The molecule has 1 aliphatic carbocycles. The number of hydrogen-bond acceptors (Lipinski definition) is 4. The van der Waals surface area contributed by atoms with Gasteiger partial charge in [0, 0.05) is 5.41 Å². The molecule has 0 aromatic carbocycles. The summed E-state index contributed by atoms with van der Waals surface area (Å²) in [6, 6.07) is 0. The predicted molar refractivity (Wildman–Crippen MR) is 75.7 cm³/mol. The SMILES string of the molecule is CCC1CCC(N)(c2noc(C(C)(C)CC)n2)CC1. The van der Waals surface area contributed by atoms with Gasteiger partial charge < -0.3 is 10.3 Å². The van der Waals surface area contributed by atoms with Gasteiger partial charge in [0.25, 0.3) is 0 Å². The lowest BCUT2D eigenvalue weighted by molar-refractivity contribution is 0.215. The molecule has 2 rings (SSSR count). The lowest BCUT2D eigenvalue weighted by Crippen LogP contribution is -2.41. The highest BCUT2D eigenvalue weighted by Crippen LogP contribution is 2.38. The molecule has 0 aliphatic heterocycles. The Bertz CT molecular complexity index is 417. The fraction of sp³-hybridized carbons (Fsp3) is 0.867. The van der Waals surface area contributed by atoms with Gasteiger partial charge in [-0.25, -0.2) is 0 Å². The molecule has 1 heterocycles. The number of nitrogens with two attached hydrogens (primary N) is 1. The predicted octanol–water partition coefficient (Wildman–Crippen LogP) is 3.51. The molecule has 1 aromatic rings. The maximum Gasteiger partial charge on any atom is 0.232 e. The number of aromatic nitrogens is 2. The van der Waals surface area contributed by atoms with E-state index >= 15 is 0 Å². The molecule has 0 atom stereocenters. The van der Waals surface area contributed by atoms with Gasteiger partial charge >= 0.3 is 0 Å². The van der Waals surface area contributed by atoms with Crippen LogP contribution in [-0.4, -0.2) is 10.1 Å². The zero-order chi connectivity index (χ0) is 14.1. The third-order valence-corrected chi connectivity index (χ3v) is 4.91. The van der Waals surface area contributed by atoms with Crippen LogP contribution in [0.25, 0.3) is 0 Å². The van der Waals surface area contributed by atoms with Crippen molar-refractivity contribution in [3.8, 4) is 0 Å². The van der Waals surface area contributed by atoms with Crippen molar-refractivity contribution in [2.75, 3.05) is 0 Å². The lowest BCUT2D eigenvalue weighted by Gasteiger charge is -2.34. The van der Waals surface area contributed by atoms with Crippen LogP contribution in [0.1, 0.15) is 77.9 Å². The van der Waals surface area contributed by atoms with E-state index in [1.807, 2.05) is 0 Å². The molecule has 4 heteroatoms. The third kappa shape index (κ3) is 2.83. The molecule has 1 fully saturated rings. The quantitative estimate of drug-likeness (QED) is 0.904. The average molecular weight is 265 g/mol. The Labute approximate surface area is 116 Å². The summed E-state index contributed by atoms with van der Waals surface area (Å²) in [6.07, 6.45) is 6.51. The molecule has 0 bridgehead atoms. The van der Waals surface area contributed by atoms with Gasteiger partial charge in [-0.2, -0.15) is 4.98 Å². The smallest absolute Gasteiger partial charge is 0.232 e. The van der Waals surface area contributed by atoms with Gasteiger partial charge in [-0.15, -0.1) is 0 Å². The summed E-state index contributed by atoms with van der Waals surface area (Å²) in [4.78, 5) is 4.60. The summed E-state index contributed by atoms with van der Waals surface area (Å²) in [5.74, 6) is 2.24. The van der Waals surface area contributed by atoms with Gasteiger partial charge in [0.15, 0.2) is 5.82 Å². The van der Waals surface area contributed by atoms with Gasteiger partial charge in [0.1, 0.15) is 0 Å². The Morgan fingerprint density at radius 1 is 1.32 bits per heavy atom. The van der Waals surface area contributed by atoms with Crippen molar-refractivity contribution in [1.29, 1.82) is 0 Å². The van der Waals surface area contributed by atoms with Crippen LogP contribution in [0.4, 0.5) is 0 Å². The molecule has 2 N–H and O–H groups in total. The summed E-state index contributed by atoms with van der Waals surface area (Å²) >= 11 is 0. The van der Waals surface area contributed by atoms with Crippen molar-refractivity contribution in [2.24, 2.45) is 11.7 Å². The van der Waals surface area contributed by atoms with Gasteiger partial charge in [-0.3, -0.25) is 0 Å². The molecule has 108 valence electrons. The Morgan fingerprint density at radius 2 is 1.95 bits per heavy atom. The highest BCUT2D eigenvalue weighted by molar-refractivity contribution is 5.09. The van der Waals surface area contributed by atoms with Crippen molar-refractivity contribution < 1.29 is 4.52 Å². The second-order valence-corrected chi connectivity index (χ2v) is 6.67. The number of hydrogen-bond donors (Lipinski definition) is 1. The second-order valence-electron chi connectivity index (χ2n) is 6.67. The highest BCUT2D eigenvalue weighted by atomic mass is 16.5. The molecule has 0 saturated heterocycles. The lowest BCUT2D eigenvalue weighted by atomic mass is 9.76. The van der Waals surface area contributed by atoms with Crippen molar-refractivity contribution in [3.05, 3.63) is 11.7 Å². The van der Waals surface area contributed by atoms with E-state index in [1.54, 1.807) is 0 Å². The molecule has 1 saturated carbocycles. The third-order valence-electron chi connectivity index (χ3n) is 4.91. The Morgan fingerprint density at radius 3 is 2.47 bits per heavy atom. The summed E-state index contributed by atoms with van der Waals surface area (Å²) in [5, 5.41) is 4.17. The second kappa shape index (κ2) is 5.23. The van der Waals surface area contributed by atoms with Crippen LogP contribution in [0.15, 0.2) is 4.52 Å². The minimum Gasteiger partial charge on any atom is -0.339 e. The molecule has 0 unspecified atom stereocenters. The standard InChI is InChI=1S/C15H27N3O/c1-5-11-7-9-15(16,10-8-11)12-17-13(19-18-12)14(3,4)6-2/h11H,5-10,16H2,1-4H3. The minimum atomic E-state index is -0.378. The minimum absolute atomic E-state index is 0.0672. The fourth-order valence-corrected chi connectivity index (χ4v) is 2.68. The molecule has 4 nitrogen and oxygen atoms in total. The summed E-state index contributed by atoms with van der Waals surface area (Å²) in [7, 11) is 0. The van der Waals surface area contributed by atoms with E-state index in [2.05, 4.69) is 37.8 Å². The summed E-state index contributed by atoms with van der Waals surface area (Å²) in [6.45, 7) is 8.64. The number of rotatable bonds is 4. The van der Waals surface area contributed by atoms with E-state index < -0.39 is 0 Å². The van der Waals surface area contributed by atoms with Crippen LogP contribution in [0, 0.1) is 5.92 Å². The van der Waals surface area contributed by atoms with Gasteiger partial charge in [-0.1, -0.05) is 39.3 Å². The van der Waals surface area contributed by atoms with Gasteiger partial charge in [-0.05, 0) is 38.0 Å². The molecule has 0 radical (unpaired) electrons. The first-order valence-electron chi connectivity index (χ1n) is 7.55. The fourth-order valence-electron chi connectivity index (χ4n) is 2.68. The van der Waals surface area contributed by atoms with E-state index in [0.29, 0.717) is 11.7 Å². The van der Waals surface area contributed by atoms with Gasteiger partial charge in [0.05, 0.1) is 5.54 Å². The van der Waals surface area contributed by atoms with E-state index in [4.69, 9.17) is 10.3 Å². The van der Waals surface area contributed by atoms with Crippen LogP contribution in [-0.2, 0) is 11.0 Å². The maximum atomic E-state index is 6.51. The molecular formula is C15H27N3O. The highest BCUT2D eigenvalue weighted by Gasteiger charge is 2.38. The van der Waals surface area contributed by atoms with Gasteiger partial charge in [0.2, 0.25) is 5.89 Å². The Hall–Kier alpha value is -0.900. The van der Waals surface area contributed by atoms with Crippen LogP contribution in [0.5, 0.6) is 0 Å². The molecule has 1 aliphatic rings. The molecule has 1 aromatic heterocycles. The van der Waals surface area contributed by atoms with E-state index in [-0.39, 0.29) is 11.0 Å². The van der Waals surface area contributed by atoms with Crippen LogP contribution in [0.2, 0.25) is 0 Å². The molecular weight excluding hydrogens is 238 g/mol. The van der Waals surface area contributed by atoms with Crippen molar-refractivity contribution in [1.82, 2.24) is 10.1 Å². The van der Waals surface area contributed by atoms with Crippen LogP contribution in [0.3, 0.4) is 0 Å². The maximum absolute atomic E-state index is 6.51.